The molecule has 0 aromatic heterocycles. The Balaban J connectivity index is 2.37. The summed E-state index contributed by atoms with van der Waals surface area (Å²) < 4.78 is 36.6. The molecule has 0 bridgehead atoms. The third-order valence-corrected chi connectivity index (χ3v) is 3.40. The van der Waals surface area contributed by atoms with Gasteiger partial charge in [0.25, 0.3) is 5.91 Å². The lowest BCUT2D eigenvalue weighted by molar-refractivity contribution is 0.0706. The highest BCUT2D eigenvalue weighted by Crippen LogP contribution is 2.27. The van der Waals surface area contributed by atoms with Crippen LogP contribution in [0.5, 0.6) is 0 Å². The highest BCUT2D eigenvalue weighted by Gasteiger charge is 2.11. The molecule has 0 radical (unpaired) electrons. The second-order valence-electron chi connectivity index (χ2n) is 3.98. The quantitative estimate of drug-likeness (QED) is 0.512. The molecule has 0 aliphatic rings. The van der Waals surface area contributed by atoms with Crippen molar-refractivity contribution in [3.05, 3.63) is 59.9 Å². The number of hydrogen-bond acceptors (Lipinski definition) is 4. The van der Waals surface area contributed by atoms with Crippen LogP contribution in [0.25, 0.3) is 0 Å². The van der Waals surface area contributed by atoms with Crippen LogP contribution in [0, 0.1) is 5.82 Å². The summed E-state index contributed by atoms with van der Waals surface area (Å²) in [6.07, 6.45) is 0. The SMILES string of the molecule is O=C(NO)c1ccc(N(c2ccc(F)cc2)S(=O)[O-])cc1. The molecular formula is C13H10FN2O4S-. The summed E-state index contributed by atoms with van der Waals surface area (Å²) in [6, 6.07) is 10.4. The minimum Gasteiger partial charge on any atom is -0.755 e. The Morgan fingerprint density at radius 2 is 1.57 bits per heavy atom. The van der Waals surface area contributed by atoms with E-state index in [4.69, 9.17) is 5.21 Å². The zero-order valence-electron chi connectivity index (χ0n) is 10.5. The van der Waals surface area contributed by atoms with Gasteiger partial charge in [-0.2, -0.15) is 0 Å². The minimum absolute atomic E-state index is 0.164. The maximum atomic E-state index is 12.9. The monoisotopic (exact) mass is 309 g/mol. The molecule has 6 nitrogen and oxygen atoms in total. The van der Waals surface area contributed by atoms with Crippen molar-refractivity contribution in [2.45, 2.75) is 0 Å². The van der Waals surface area contributed by atoms with Gasteiger partial charge in [0.2, 0.25) is 0 Å². The first kappa shape index (κ1) is 15.1. The van der Waals surface area contributed by atoms with E-state index in [-0.39, 0.29) is 16.9 Å². The Kier molecular flexibility index (Phi) is 4.63. The van der Waals surface area contributed by atoms with Gasteiger partial charge in [0.1, 0.15) is 5.82 Å². The minimum atomic E-state index is -2.62. The number of nitrogens with one attached hydrogen (secondary N) is 1. The molecule has 2 aromatic carbocycles. The van der Waals surface area contributed by atoms with Crippen LogP contribution in [0.3, 0.4) is 0 Å². The van der Waals surface area contributed by atoms with Crippen LogP contribution in [0.1, 0.15) is 10.4 Å². The number of nitrogens with zero attached hydrogens (tertiary/aromatic N) is 1. The highest BCUT2D eigenvalue weighted by molar-refractivity contribution is 7.81. The molecule has 1 atom stereocenters. The standard InChI is InChI=1S/C13H11FN2O4S/c14-10-3-7-12(8-4-10)16(21(19)20)11-5-1-9(2-6-11)13(17)15-18/h1-8,18H,(H,15,17)(H,19,20)/p-1. The van der Waals surface area contributed by atoms with Crippen molar-refractivity contribution in [1.29, 1.82) is 0 Å². The molecule has 1 amide bonds. The topological polar surface area (TPSA) is 92.7 Å². The average molecular weight is 309 g/mol. The van der Waals surface area contributed by atoms with Crippen molar-refractivity contribution in [2.24, 2.45) is 0 Å². The molecule has 1 unspecified atom stereocenters. The molecular weight excluding hydrogens is 299 g/mol. The maximum absolute atomic E-state index is 12.9. The van der Waals surface area contributed by atoms with Gasteiger partial charge in [-0.05, 0) is 48.5 Å². The summed E-state index contributed by atoms with van der Waals surface area (Å²) in [5.74, 6) is -1.19. The summed E-state index contributed by atoms with van der Waals surface area (Å²) >= 11 is -2.62. The van der Waals surface area contributed by atoms with Gasteiger partial charge in [0.15, 0.2) is 0 Å². The van der Waals surface area contributed by atoms with Crippen LogP contribution in [0.15, 0.2) is 48.5 Å². The lowest BCUT2D eigenvalue weighted by Gasteiger charge is -2.26. The zero-order chi connectivity index (χ0) is 15.4. The second kappa shape index (κ2) is 6.44. The Morgan fingerprint density at radius 3 is 2.00 bits per heavy atom. The molecule has 110 valence electrons. The molecule has 0 fully saturated rings. The van der Waals surface area contributed by atoms with Gasteiger partial charge in [-0.15, -0.1) is 0 Å². The number of rotatable bonds is 4. The molecule has 2 N–H and O–H groups in total. The third kappa shape index (κ3) is 3.43. The van der Waals surface area contributed by atoms with E-state index in [0.717, 1.165) is 16.4 Å². The third-order valence-electron chi connectivity index (χ3n) is 2.68. The Hall–Kier alpha value is -2.29. The van der Waals surface area contributed by atoms with E-state index in [9.17, 15) is 17.9 Å². The van der Waals surface area contributed by atoms with Gasteiger partial charge in [-0.25, -0.2) is 9.87 Å². The van der Waals surface area contributed by atoms with Gasteiger partial charge < -0.3 is 4.55 Å². The van der Waals surface area contributed by atoms with Crippen LogP contribution >= 0.6 is 0 Å². The van der Waals surface area contributed by atoms with Crippen LogP contribution in [-0.2, 0) is 11.3 Å². The van der Waals surface area contributed by atoms with Crippen molar-refractivity contribution < 1.29 is 23.2 Å². The molecule has 8 heteroatoms. The summed E-state index contributed by atoms with van der Waals surface area (Å²) in [7, 11) is 0. The Labute approximate surface area is 122 Å². The van der Waals surface area contributed by atoms with E-state index in [1.807, 2.05) is 0 Å². The molecule has 2 rings (SSSR count). The van der Waals surface area contributed by atoms with Crippen molar-refractivity contribution in [1.82, 2.24) is 5.48 Å². The summed E-state index contributed by atoms with van der Waals surface area (Å²) in [5.41, 5.74) is 2.16. The van der Waals surface area contributed by atoms with Gasteiger partial charge in [-0.3, -0.25) is 18.5 Å². The number of hydrogen-bond donors (Lipinski definition) is 2. The summed E-state index contributed by atoms with van der Waals surface area (Å²) in [6.45, 7) is 0. The van der Waals surface area contributed by atoms with Crippen molar-refractivity contribution in [3.63, 3.8) is 0 Å². The fourth-order valence-electron chi connectivity index (χ4n) is 1.71. The number of anilines is 2. The normalized spacial score (nSPS) is 11.8. The van der Waals surface area contributed by atoms with Crippen molar-refractivity contribution in [2.75, 3.05) is 4.31 Å². The van der Waals surface area contributed by atoms with Crippen LogP contribution in [0.4, 0.5) is 15.8 Å². The maximum Gasteiger partial charge on any atom is 0.274 e. The molecule has 2 aromatic rings. The fraction of sp³-hybridized carbons (Fsp3) is 0. The zero-order valence-corrected chi connectivity index (χ0v) is 11.3. The fourth-order valence-corrected chi connectivity index (χ4v) is 2.30. The number of carbonyl (C=O) groups is 1. The lowest BCUT2D eigenvalue weighted by atomic mass is 10.2. The Bertz CT molecular complexity index is 661. The largest absolute Gasteiger partial charge is 0.755 e. The van der Waals surface area contributed by atoms with Crippen molar-refractivity contribution in [3.8, 4) is 0 Å². The Morgan fingerprint density at radius 1 is 1.10 bits per heavy atom. The molecule has 0 aliphatic carbocycles. The highest BCUT2D eigenvalue weighted by atomic mass is 32.2. The van der Waals surface area contributed by atoms with E-state index >= 15 is 0 Å². The van der Waals surface area contributed by atoms with Crippen LogP contribution < -0.4 is 9.79 Å². The number of carbonyl (C=O) groups excluding carboxylic acids is 1. The second-order valence-corrected chi connectivity index (χ2v) is 4.78. The number of amides is 1. The smallest absolute Gasteiger partial charge is 0.274 e. The van der Waals surface area contributed by atoms with Crippen LogP contribution in [-0.4, -0.2) is 19.9 Å². The first-order chi connectivity index (χ1) is 10.0. The predicted molar refractivity (Wildman–Crippen MR) is 73.2 cm³/mol. The first-order valence-corrected chi connectivity index (χ1v) is 6.75. The number of benzene rings is 2. The van der Waals surface area contributed by atoms with E-state index in [2.05, 4.69) is 0 Å². The number of halogens is 1. The molecule has 0 spiro atoms. The average Bonchev–Trinajstić information content (AvgIpc) is 2.49. The van der Waals surface area contributed by atoms with Gasteiger partial charge in [0.05, 0.1) is 22.6 Å². The molecule has 0 heterocycles. The van der Waals surface area contributed by atoms with Gasteiger partial charge >= 0.3 is 0 Å². The van der Waals surface area contributed by atoms with Gasteiger partial charge in [-0.1, -0.05) is 0 Å². The molecule has 21 heavy (non-hydrogen) atoms. The van der Waals surface area contributed by atoms with E-state index < -0.39 is 23.0 Å². The first-order valence-electron chi connectivity index (χ1n) is 5.72. The molecule has 0 saturated carbocycles. The number of hydroxylamine groups is 1. The lowest BCUT2D eigenvalue weighted by Crippen LogP contribution is -2.21. The molecule has 0 saturated heterocycles. The summed E-state index contributed by atoms with van der Waals surface area (Å²) in [5, 5.41) is 8.51. The summed E-state index contributed by atoms with van der Waals surface area (Å²) in [4.78, 5) is 11.2. The predicted octanol–water partition coefficient (Wildman–Crippen LogP) is 1.88. The van der Waals surface area contributed by atoms with Crippen molar-refractivity contribution >= 4 is 28.5 Å². The van der Waals surface area contributed by atoms with E-state index in [1.54, 1.807) is 0 Å². The molecule has 0 aliphatic heterocycles. The van der Waals surface area contributed by atoms with E-state index in [0.29, 0.717) is 0 Å². The van der Waals surface area contributed by atoms with Gasteiger partial charge in [0, 0.05) is 5.56 Å². The van der Waals surface area contributed by atoms with E-state index in [1.165, 1.54) is 41.9 Å². The van der Waals surface area contributed by atoms with Crippen LogP contribution in [0.2, 0.25) is 0 Å².